The Morgan fingerprint density at radius 3 is 1.91 bits per heavy atom. The Morgan fingerprint density at radius 2 is 1.39 bits per heavy atom. The molecule has 0 atom stereocenters. The van der Waals surface area contributed by atoms with Gasteiger partial charge in [0.15, 0.2) is 0 Å². The lowest BCUT2D eigenvalue weighted by Crippen LogP contribution is -2.18. The van der Waals surface area contributed by atoms with Crippen LogP contribution in [0.5, 0.6) is 5.75 Å². The van der Waals surface area contributed by atoms with E-state index >= 15 is 0 Å². The van der Waals surface area contributed by atoms with Crippen LogP contribution in [-0.2, 0) is 6.18 Å². The fraction of sp³-hybridized carbons (Fsp3) is 0.0385. The molecule has 4 aromatic rings. The second-order valence-corrected chi connectivity index (χ2v) is 8.21. The second kappa shape index (κ2) is 9.34. The Bertz CT molecular complexity index is 1280. The van der Waals surface area contributed by atoms with E-state index in [-0.39, 0.29) is 10.3 Å². The van der Waals surface area contributed by atoms with Gasteiger partial charge in [0.25, 0.3) is 5.91 Å². The molecule has 0 spiro atoms. The molecule has 1 aromatic heterocycles. The Kier molecular flexibility index (Phi) is 6.33. The molecule has 3 nitrogen and oxygen atoms in total. The summed E-state index contributed by atoms with van der Waals surface area (Å²) in [4.78, 5) is 14.6. The maximum absolute atomic E-state index is 13.3. The minimum atomic E-state index is -4.55. The number of rotatable bonds is 5. The first-order chi connectivity index (χ1) is 15.8. The van der Waals surface area contributed by atoms with Crippen molar-refractivity contribution in [2.75, 3.05) is 0 Å². The van der Waals surface area contributed by atoms with Crippen LogP contribution in [0.15, 0.2) is 91.3 Å². The molecular formula is C26H18F3NO2S. The van der Waals surface area contributed by atoms with Crippen molar-refractivity contribution in [1.82, 2.24) is 4.90 Å². The van der Waals surface area contributed by atoms with Gasteiger partial charge in [-0.1, -0.05) is 60.7 Å². The predicted molar refractivity (Wildman–Crippen MR) is 126 cm³/mol. The van der Waals surface area contributed by atoms with E-state index in [0.29, 0.717) is 4.70 Å². The number of nitrogens with zero attached hydrogens (tertiary/aromatic N) is 1. The van der Waals surface area contributed by atoms with Crippen molar-refractivity contribution >= 4 is 39.5 Å². The summed E-state index contributed by atoms with van der Waals surface area (Å²) in [6.45, 7) is 0. The summed E-state index contributed by atoms with van der Waals surface area (Å²) in [6.07, 6.45) is 2.04. The van der Waals surface area contributed by atoms with Crippen LogP contribution in [0.4, 0.5) is 13.2 Å². The molecule has 0 fully saturated rings. The van der Waals surface area contributed by atoms with Crippen LogP contribution in [0.2, 0.25) is 0 Å². The summed E-state index contributed by atoms with van der Waals surface area (Å²) in [7, 11) is 0. The maximum atomic E-state index is 13.3. The summed E-state index contributed by atoms with van der Waals surface area (Å²) >= 11 is 0.947. The molecule has 7 heteroatoms. The third-order valence-corrected chi connectivity index (χ3v) is 6.02. The third kappa shape index (κ3) is 5.15. The number of carbonyl (C=O) groups excluding carboxylic acids is 1. The molecule has 3 aromatic carbocycles. The fourth-order valence-corrected chi connectivity index (χ4v) is 4.19. The fourth-order valence-electron chi connectivity index (χ4n) is 3.17. The van der Waals surface area contributed by atoms with E-state index in [9.17, 15) is 23.1 Å². The van der Waals surface area contributed by atoms with Crippen molar-refractivity contribution in [3.8, 4) is 5.75 Å². The number of carbonyl (C=O) groups is 1. The van der Waals surface area contributed by atoms with Gasteiger partial charge in [-0.3, -0.25) is 9.69 Å². The molecule has 1 N–H and O–H groups in total. The Morgan fingerprint density at radius 1 is 0.848 bits per heavy atom. The topological polar surface area (TPSA) is 40.5 Å². The number of aromatic hydroxyl groups is 1. The molecule has 0 aliphatic rings. The summed E-state index contributed by atoms with van der Waals surface area (Å²) in [5.74, 6) is -1.01. The molecule has 0 unspecified atom stereocenters. The highest BCUT2D eigenvalue weighted by Gasteiger charge is 2.31. The van der Waals surface area contributed by atoms with Crippen molar-refractivity contribution in [3.63, 3.8) is 0 Å². The number of thiophene rings is 1. The van der Waals surface area contributed by atoms with E-state index in [4.69, 9.17) is 0 Å². The van der Waals surface area contributed by atoms with Gasteiger partial charge in [0.1, 0.15) is 10.6 Å². The molecule has 33 heavy (non-hydrogen) atoms. The summed E-state index contributed by atoms with van der Waals surface area (Å²) in [5.41, 5.74) is 0.837. The lowest BCUT2D eigenvalue weighted by atomic mass is 10.1. The Balaban J connectivity index is 1.72. The number of amides is 1. The van der Waals surface area contributed by atoms with Gasteiger partial charge in [0.2, 0.25) is 0 Å². The molecule has 0 saturated heterocycles. The normalized spacial score (nSPS) is 12.1. The highest BCUT2D eigenvalue weighted by molar-refractivity contribution is 7.21. The van der Waals surface area contributed by atoms with E-state index in [1.54, 1.807) is 24.6 Å². The zero-order valence-corrected chi connectivity index (χ0v) is 18.0. The number of benzene rings is 3. The van der Waals surface area contributed by atoms with Gasteiger partial charge < -0.3 is 5.11 Å². The number of hydrogen-bond donors (Lipinski definition) is 1. The molecule has 1 heterocycles. The first-order valence-corrected chi connectivity index (χ1v) is 10.8. The molecule has 0 saturated carbocycles. The van der Waals surface area contributed by atoms with Crippen molar-refractivity contribution in [1.29, 1.82) is 0 Å². The van der Waals surface area contributed by atoms with Gasteiger partial charge in [-0.05, 0) is 41.5 Å². The van der Waals surface area contributed by atoms with Crippen LogP contribution in [0, 0.1) is 0 Å². The smallest absolute Gasteiger partial charge is 0.416 e. The molecule has 166 valence electrons. The maximum Gasteiger partial charge on any atom is 0.416 e. The highest BCUT2D eigenvalue weighted by Crippen LogP contribution is 2.41. The second-order valence-electron chi connectivity index (χ2n) is 7.15. The highest BCUT2D eigenvalue weighted by atomic mass is 32.1. The van der Waals surface area contributed by atoms with E-state index in [0.717, 1.165) is 34.6 Å². The minimum absolute atomic E-state index is 0.00259. The quantitative estimate of drug-likeness (QED) is 0.333. The van der Waals surface area contributed by atoms with Crippen LogP contribution in [0.3, 0.4) is 0 Å². The summed E-state index contributed by atoms with van der Waals surface area (Å²) in [6, 6.07) is 21.8. The molecule has 0 aliphatic carbocycles. The van der Waals surface area contributed by atoms with E-state index in [1.807, 2.05) is 60.7 Å². The lowest BCUT2D eigenvalue weighted by Gasteiger charge is -2.13. The average molecular weight is 465 g/mol. The van der Waals surface area contributed by atoms with Crippen LogP contribution >= 0.6 is 11.3 Å². The van der Waals surface area contributed by atoms with Gasteiger partial charge in [-0.2, -0.15) is 13.2 Å². The number of fused-ring (bicyclic) bond motifs is 1. The zero-order chi connectivity index (χ0) is 23.4. The van der Waals surface area contributed by atoms with E-state index in [1.165, 1.54) is 11.0 Å². The lowest BCUT2D eigenvalue weighted by molar-refractivity contribution is -0.137. The monoisotopic (exact) mass is 465 g/mol. The van der Waals surface area contributed by atoms with Crippen LogP contribution in [0.25, 0.3) is 22.2 Å². The first-order valence-electron chi connectivity index (χ1n) is 9.95. The average Bonchev–Trinajstić information content (AvgIpc) is 3.15. The third-order valence-electron chi connectivity index (χ3n) is 4.87. The van der Waals surface area contributed by atoms with Crippen LogP contribution < -0.4 is 0 Å². The standard InChI is InChI=1S/C26H18F3NO2S/c27-26(28,29)20-11-12-22-21(17-20)23(31)24(33-22)25(32)30(15-13-18-7-3-1-4-8-18)16-14-19-9-5-2-6-10-19/h1-17,31H. The molecule has 0 aliphatic heterocycles. The van der Waals surface area contributed by atoms with Crippen molar-refractivity contribution in [2.24, 2.45) is 0 Å². The predicted octanol–water partition coefficient (Wildman–Crippen LogP) is 7.41. The largest absolute Gasteiger partial charge is 0.506 e. The molecule has 1 amide bonds. The summed E-state index contributed by atoms with van der Waals surface area (Å²) in [5, 5.41) is 10.6. The Labute approximate surface area is 192 Å². The van der Waals surface area contributed by atoms with Crippen LogP contribution in [-0.4, -0.2) is 15.9 Å². The number of hydrogen-bond acceptors (Lipinski definition) is 3. The summed E-state index contributed by atoms with van der Waals surface area (Å²) < 4.78 is 39.7. The zero-order valence-electron chi connectivity index (χ0n) is 17.2. The van der Waals surface area contributed by atoms with Gasteiger partial charge in [0.05, 0.1) is 5.56 Å². The number of halogens is 3. The SMILES string of the molecule is O=C(c1sc2ccc(C(F)(F)F)cc2c1O)N(C=Cc1ccccc1)C=Cc1ccccc1. The minimum Gasteiger partial charge on any atom is -0.506 e. The van der Waals surface area contributed by atoms with Crippen molar-refractivity contribution in [3.05, 3.63) is 113 Å². The van der Waals surface area contributed by atoms with Gasteiger partial charge >= 0.3 is 6.18 Å². The Hall–Kier alpha value is -3.84. The van der Waals surface area contributed by atoms with Crippen molar-refractivity contribution in [2.45, 2.75) is 6.18 Å². The van der Waals surface area contributed by atoms with Gasteiger partial charge in [-0.25, -0.2) is 0 Å². The molecular weight excluding hydrogens is 447 g/mol. The molecule has 0 bridgehead atoms. The van der Waals surface area contributed by atoms with E-state index < -0.39 is 23.4 Å². The van der Waals surface area contributed by atoms with Gasteiger partial charge in [-0.15, -0.1) is 11.3 Å². The van der Waals surface area contributed by atoms with E-state index in [2.05, 4.69) is 0 Å². The van der Waals surface area contributed by atoms with Gasteiger partial charge in [0, 0.05) is 22.5 Å². The van der Waals surface area contributed by atoms with Crippen LogP contribution in [0.1, 0.15) is 26.4 Å². The molecule has 4 rings (SSSR count). The molecule has 0 radical (unpaired) electrons. The number of alkyl halides is 3. The van der Waals surface area contributed by atoms with Crippen molar-refractivity contribution < 1.29 is 23.1 Å². The first kappa shape index (κ1) is 22.4.